The number of aryl methyl sites for hydroxylation is 1. The number of anilines is 2. The molecule has 1 aliphatic heterocycles. The molecule has 5 rings (SSSR count). The average Bonchev–Trinajstić information content (AvgIpc) is 3.08. The Kier molecular flexibility index (Phi) is 4.70. The molecule has 0 radical (unpaired) electrons. The van der Waals surface area contributed by atoms with E-state index in [4.69, 9.17) is 22.4 Å². The first-order chi connectivity index (χ1) is 15.4. The van der Waals surface area contributed by atoms with E-state index < -0.39 is 0 Å². The van der Waals surface area contributed by atoms with E-state index in [1.54, 1.807) is 23.8 Å². The number of carbonyl (C=O) groups excluding carboxylic acids is 1. The van der Waals surface area contributed by atoms with Gasteiger partial charge >= 0.3 is 0 Å². The number of halogens is 1. The Bertz CT molecular complexity index is 1430. The summed E-state index contributed by atoms with van der Waals surface area (Å²) < 4.78 is 3.07. The van der Waals surface area contributed by atoms with E-state index in [1.807, 2.05) is 35.2 Å². The Hall–Kier alpha value is -3.72. The number of benzene rings is 1. The van der Waals surface area contributed by atoms with Gasteiger partial charge in [0.05, 0.1) is 28.0 Å². The molecule has 4 aromatic rings. The molecule has 1 fully saturated rings. The SMILES string of the molecule is CC(=O)c1c(C)nc(N)nc1N1CCC1c1nn2ccc(Cl)c2c(=O)n1-c1ccccc1. The molecule has 0 bridgehead atoms. The number of rotatable bonds is 4. The number of hydrogen-bond acceptors (Lipinski definition) is 7. The molecule has 4 heterocycles. The molecule has 1 atom stereocenters. The Morgan fingerprint density at radius 1 is 1.19 bits per heavy atom. The third-order valence-electron chi connectivity index (χ3n) is 5.71. The number of hydrogen-bond donors (Lipinski definition) is 1. The highest BCUT2D eigenvalue weighted by Crippen LogP contribution is 2.39. The summed E-state index contributed by atoms with van der Waals surface area (Å²) in [6.45, 7) is 3.85. The largest absolute Gasteiger partial charge is 0.368 e. The Balaban J connectivity index is 1.73. The first-order valence-electron chi connectivity index (χ1n) is 10.1. The first kappa shape index (κ1) is 20.2. The summed E-state index contributed by atoms with van der Waals surface area (Å²) >= 11 is 6.28. The highest BCUT2D eigenvalue weighted by molar-refractivity contribution is 6.33. The van der Waals surface area contributed by atoms with Gasteiger partial charge in [-0.25, -0.2) is 9.50 Å². The second-order valence-electron chi connectivity index (χ2n) is 7.71. The van der Waals surface area contributed by atoms with Crippen LogP contribution in [0.15, 0.2) is 47.4 Å². The number of fused-ring (bicyclic) bond motifs is 1. The summed E-state index contributed by atoms with van der Waals surface area (Å²) in [5.74, 6) is 0.924. The van der Waals surface area contributed by atoms with Crippen LogP contribution in [0.3, 0.4) is 0 Å². The fourth-order valence-corrected chi connectivity index (χ4v) is 4.42. The number of nitrogens with zero attached hydrogens (tertiary/aromatic N) is 6. The Morgan fingerprint density at radius 2 is 1.94 bits per heavy atom. The minimum atomic E-state index is -0.291. The molecule has 10 heteroatoms. The summed E-state index contributed by atoms with van der Waals surface area (Å²) in [6, 6.07) is 10.6. The lowest BCUT2D eigenvalue weighted by Gasteiger charge is -2.42. The number of nitrogen functional groups attached to an aromatic ring is 1. The molecule has 162 valence electrons. The molecular formula is C22H20ClN7O2. The van der Waals surface area contributed by atoms with E-state index in [-0.39, 0.29) is 23.3 Å². The number of para-hydroxylation sites is 1. The Morgan fingerprint density at radius 3 is 2.59 bits per heavy atom. The maximum Gasteiger partial charge on any atom is 0.284 e. The zero-order chi connectivity index (χ0) is 22.6. The summed E-state index contributed by atoms with van der Waals surface area (Å²) in [5, 5.41) is 5.08. The van der Waals surface area contributed by atoms with Gasteiger partial charge in [-0.05, 0) is 38.5 Å². The van der Waals surface area contributed by atoms with Crippen molar-refractivity contribution >= 4 is 34.7 Å². The summed E-state index contributed by atoms with van der Waals surface area (Å²) in [5.41, 5.74) is 7.55. The predicted molar refractivity (Wildman–Crippen MR) is 122 cm³/mol. The number of aromatic nitrogens is 5. The van der Waals surface area contributed by atoms with Crippen molar-refractivity contribution in [2.45, 2.75) is 26.3 Å². The van der Waals surface area contributed by atoms with E-state index in [1.165, 1.54) is 11.4 Å². The molecule has 1 aliphatic rings. The van der Waals surface area contributed by atoms with Gasteiger partial charge in [0, 0.05) is 12.7 Å². The summed E-state index contributed by atoms with van der Waals surface area (Å²) in [6.07, 6.45) is 2.38. The van der Waals surface area contributed by atoms with Gasteiger partial charge in [0.1, 0.15) is 11.3 Å². The van der Waals surface area contributed by atoms with Crippen LogP contribution in [0.5, 0.6) is 0 Å². The van der Waals surface area contributed by atoms with Crippen molar-refractivity contribution in [3.05, 3.63) is 75.1 Å². The zero-order valence-electron chi connectivity index (χ0n) is 17.5. The van der Waals surface area contributed by atoms with Crippen molar-refractivity contribution in [3.8, 4) is 5.69 Å². The normalized spacial score (nSPS) is 15.7. The molecule has 1 unspecified atom stereocenters. The van der Waals surface area contributed by atoms with Crippen molar-refractivity contribution in [2.24, 2.45) is 0 Å². The number of Topliss-reactive ketones (excluding diaryl/α,β-unsaturated/α-hetero) is 1. The van der Waals surface area contributed by atoms with Gasteiger partial charge in [-0.15, -0.1) is 0 Å². The van der Waals surface area contributed by atoms with Crippen molar-refractivity contribution in [2.75, 3.05) is 17.2 Å². The van der Waals surface area contributed by atoms with Gasteiger partial charge in [-0.2, -0.15) is 10.1 Å². The standard InChI is InChI=1S/C22H20ClN7O2/c1-12-17(13(2)31)20(26-22(24)25-12)28-10-9-16(28)19-27-29-11-8-15(23)18(29)21(32)30(19)14-6-4-3-5-7-14/h3-8,11,16H,9-10H2,1-2H3,(H2,24,25,26). The lowest BCUT2D eigenvalue weighted by Crippen LogP contribution is -2.46. The maximum atomic E-state index is 13.5. The van der Waals surface area contributed by atoms with E-state index in [0.29, 0.717) is 45.7 Å². The Labute approximate surface area is 188 Å². The molecule has 3 aromatic heterocycles. The average molecular weight is 450 g/mol. The van der Waals surface area contributed by atoms with Crippen LogP contribution in [0.1, 0.15) is 41.3 Å². The molecule has 0 aliphatic carbocycles. The minimum absolute atomic E-state index is 0.0919. The first-order valence-corrected chi connectivity index (χ1v) is 10.5. The van der Waals surface area contributed by atoms with Crippen LogP contribution >= 0.6 is 11.6 Å². The highest BCUT2D eigenvalue weighted by Gasteiger charge is 2.37. The smallest absolute Gasteiger partial charge is 0.284 e. The van der Waals surface area contributed by atoms with E-state index >= 15 is 0 Å². The molecule has 1 aromatic carbocycles. The van der Waals surface area contributed by atoms with Crippen molar-refractivity contribution in [1.82, 2.24) is 24.1 Å². The van der Waals surface area contributed by atoms with Crippen molar-refractivity contribution in [1.29, 1.82) is 0 Å². The number of carbonyl (C=O) groups is 1. The molecule has 9 nitrogen and oxygen atoms in total. The van der Waals surface area contributed by atoms with Crippen molar-refractivity contribution < 1.29 is 4.79 Å². The molecule has 2 N–H and O–H groups in total. The van der Waals surface area contributed by atoms with Crippen LogP contribution in [-0.2, 0) is 0 Å². The lowest BCUT2D eigenvalue weighted by atomic mass is 9.99. The number of ketones is 1. The molecule has 1 saturated heterocycles. The van der Waals surface area contributed by atoms with Gasteiger partial charge < -0.3 is 10.6 Å². The molecule has 0 saturated carbocycles. The van der Waals surface area contributed by atoms with Gasteiger partial charge in [-0.3, -0.25) is 14.2 Å². The molecular weight excluding hydrogens is 430 g/mol. The maximum absolute atomic E-state index is 13.5. The minimum Gasteiger partial charge on any atom is -0.368 e. The topological polar surface area (TPSA) is 111 Å². The fraction of sp³-hybridized carbons (Fsp3) is 0.227. The summed E-state index contributed by atoms with van der Waals surface area (Å²) in [4.78, 5) is 36.3. The lowest BCUT2D eigenvalue weighted by molar-refractivity contribution is 0.101. The quantitative estimate of drug-likeness (QED) is 0.476. The zero-order valence-corrected chi connectivity index (χ0v) is 18.2. The van der Waals surface area contributed by atoms with Crippen LogP contribution in [0.2, 0.25) is 5.02 Å². The van der Waals surface area contributed by atoms with Crippen LogP contribution in [0.4, 0.5) is 11.8 Å². The van der Waals surface area contributed by atoms with Crippen LogP contribution in [0.25, 0.3) is 11.2 Å². The fourth-order valence-electron chi connectivity index (χ4n) is 4.20. The van der Waals surface area contributed by atoms with Crippen molar-refractivity contribution in [3.63, 3.8) is 0 Å². The van der Waals surface area contributed by atoms with Gasteiger partial charge in [0.2, 0.25) is 5.95 Å². The van der Waals surface area contributed by atoms with Crippen LogP contribution < -0.4 is 16.2 Å². The van der Waals surface area contributed by atoms with E-state index in [0.717, 1.165) is 6.42 Å². The molecule has 0 amide bonds. The van der Waals surface area contributed by atoms with Crippen LogP contribution in [0, 0.1) is 6.92 Å². The van der Waals surface area contributed by atoms with E-state index in [2.05, 4.69) is 9.97 Å². The van der Waals surface area contributed by atoms with Gasteiger partial charge in [-0.1, -0.05) is 29.8 Å². The number of nitrogens with two attached hydrogens (primary N) is 1. The van der Waals surface area contributed by atoms with Crippen LogP contribution in [-0.4, -0.2) is 36.5 Å². The van der Waals surface area contributed by atoms with Gasteiger partial charge in [0.25, 0.3) is 5.56 Å². The third kappa shape index (κ3) is 3.04. The second kappa shape index (κ2) is 7.45. The van der Waals surface area contributed by atoms with E-state index in [9.17, 15) is 9.59 Å². The molecule has 0 spiro atoms. The monoisotopic (exact) mass is 449 g/mol. The highest BCUT2D eigenvalue weighted by atomic mass is 35.5. The second-order valence-corrected chi connectivity index (χ2v) is 8.12. The predicted octanol–water partition coefficient (Wildman–Crippen LogP) is 2.97. The molecule has 32 heavy (non-hydrogen) atoms. The third-order valence-corrected chi connectivity index (χ3v) is 6.01. The summed E-state index contributed by atoms with van der Waals surface area (Å²) in [7, 11) is 0. The van der Waals surface area contributed by atoms with Gasteiger partial charge in [0.15, 0.2) is 11.6 Å².